The number of hydrogen-bond acceptors (Lipinski definition) is 7. The van der Waals surface area contributed by atoms with Gasteiger partial charge in [0, 0.05) is 36.4 Å². The van der Waals surface area contributed by atoms with Crippen LogP contribution >= 0.6 is 0 Å². The predicted octanol–water partition coefficient (Wildman–Crippen LogP) is 4.23. The number of hydrogen-bond donors (Lipinski definition) is 3. The number of ether oxygens (including phenoxy) is 2. The molecule has 43 heavy (non-hydrogen) atoms. The first-order valence-electron chi connectivity index (χ1n) is 14.2. The van der Waals surface area contributed by atoms with Gasteiger partial charge in [-0.3, -0.25) is 4.79 Å². The number of nitrogens with one attached hydrogen (secondary N) is 1. The summed E-state index contributed by atoms with van der Waals surface area (Å²) in [5, 5.41) is 23.1. The second kappa shape index (κ2) is 12.1. The van der Waals surface area contributed by atoms with Crippen molar-refractivity contribution in [1.82, 2.24) is 14.6 Å². The van der Waals surface area contributed by atoms with Crippen LogP contribution in [0.5, 0.6) is 11.5 Å². The molecule has 2 aliphatic rings. The molecule has 5 rings (SSSR count). The molecule has 0 unspecified atom stereocenters. The van der Waals surface area contributed by atoms with E-state index in [1.54, 1.807) is 19.9 Å². The highest BCUT2D eigenvalue weighted by atomic mass is 32.2. The van der Waals surface area contributed by atoms with Crippen LogP contribution in [0.4, 0.5) is 0 Å². The van der Waals surface area contributed by atoms with Crippen molar-refractivity contribution >= 4 is 16.9 Å². The number of rotatable bonds is 7. The zero-order valence-corrected chi connectivity index (χ0v) is 25.9. The van der Waals surface area contributed by atoms with Crippen LogP contribution in [0.2, 0.25) is 0 Å². The second-order valence-corrected chi connectivity index (χ2v) is 14.3. The lowest BCUT2D eigenvalue weighted by molar-refractivity contribution is 0.0945. The summed E-state index contributed by atoms with van der Waals surface area (Å²) in [7, 11) is -1.38. The number of aliphatic hydroxyl groups is 2. The number of aliphatic hydroxyl groups excluding tert-OH is 1. The fraction of sp³-hybridized carbons (Fsp3) is 0.394. The molecule has 2 atom stereocenters. The van der Waals surface area contributed by atoms with Crippen molar-refractivity contribution in [3.63, 3.8) is 0 Å². The van der Waals surface area contributed by atoms with E-state index in [0.29, 0.717) is 35.7 Å². The smallest absolute Gasteiger partial charge is 0.270 e. The maximum atomic E-state index is 13.7. The molecule has 226 valence electrons. The maximum absolute atomic E-state index is 13.7. The molecule has 0 aliphatic carbocycles. The van der Waals surface area contributed by atoms with Crippen molar-refractivity contribution in [1.29, 1.82) is 0 Å². The lowest BCUT2D eigenvalue weighted by Gasteiger charge is -2.30. The first kappa shape index (κ1) is 30.7. The topological polar surface area (TPSA) is 121 Å². The third-order valence-corrected chi connectivity index (χ3v) is 8.92. The van der Waals surface area contributed by atoms with Crippen LogP contribution in [0.3, 0.4) is 0 Å². The Hall–Kier alpha value is -3.75. The van der Waals surface area contributed by atoms with Gasteiger partial charge in [-0.25, -0.2) is 13.5 Å². The lowest BCUT2D eigenvalue weighted by atomic mass is 9.95. The first-order valence-corrected chi connectivity index (χ1v) is 15.3. The Morgan fingerprint density at radius 1 is 1.12 bits per heavy atom. The van der Waals surface area contributed by atoms with E-state index < -0.39 is 21.3 Å². The van der Waals surface area contributed by atoms with Gasteiger partial charge in [0.15, 0.2) is 11.5 Å². The van der Waals surface area contributed by atoms with Crippen LogP contribution in [0, 0.1) is 11.8 Å². The third kappa shape index (κ3) is 6.92. The van der Waals surface area contributed by atoms with Gasteiger partial charge < -0.3 is 25.0 Å². The Bertz CT molecular complexity index is 1630. The molecule has 0 saturated carbocycles. The molecule has 0 bridgehead atoms. The standard InChI is InChI=1S/C33H37N3O6S/c1-32(2,3)43(40)36-19-24-17-25(31(38)34-18-22-9-10-27-28(16-22)42-20-41-27)35-30(29(24)26(36)12-14-37)23-8-6-7-21(15-23)11-13-33(4,5)39/h6-10,15-17,26,37,39H,12,14,18-20H2,1-5H3,(H,34,38)/t26-,43-/m0/s1. The normalized spacial score (nSPS) is 16.8. The zero-order valence-electron chi connectivity index (χ0n) is 25.1. The summed E-state index contributed by atoms with van der Waals surface area (Å²) in [5.74, 6) is 6.81. The van der Waals surface area contributed by atoms with E-state index in [4.69, 9.17) is 14.5 Å². The van der Waals surface area contributed by atoms with Gasteiger partial charge in [-0.15, -0.1) is 0 Å². The number of fused-ring (bicyclic) bond motifs is 2. The number of pyridine rings is 1. The quantitative estimate of drug-likeness (QED) is 0.346. The number of carbonyl (C=O) groups is 1. The zero-order chi connectivity index (χ0) is 30.9. The van der Waals surface area contributed by atoms with E-state index in [-0.39, 0.29) is 37.6 Å². The van der Waals surface area contributed by atoms with Crippen LogP contribution in [0.1, 0.15) is 79.8 Å². The molecular weight excluding hydrogens is 566 g/mol. The third-order valence-electron chi connectivity index (χ3n) is 7.06. The summed E-state index contributed by atoms with van der Waals surface area (Å²) in [6.45, 7) is 9.67. The summed E-state index contributed by atoms with van der Waals surface area (Å²) in [6, 6.07) is 14.4. The maximum Gasteiger partial charge on any atom is 0.270 e. The summed E-state index contributed by atoms with van der Waals surface area (Å²) in [4.78, 5) is 18.4. The summed E-state index contributed by atoms with van der Waals surface area (Å²) >= 11 is 0. The molecule has 0 saturated heterocycles. The van der Waals surface area contributed by atoms with Crippen molar-refractivity contribution in [2.24, 2.45) is 0 Å². The second-order valence-electron chi connectivity index (χ2n) is 12.2. The first-order chi connectivity index (χ1) is 20.3. The average molecular weight is 604 g/mol. The molecule has 0 spiro atoms. The fourth-order valence-electron chi connectivity index (χ4n) is 5.10. The van der Waals surface area contributed by atoms with Crippen LogP contribution in [-0.4, -0.2) is 53.4 Å². The molecule has 1 aromatic heterocycles. The highest BCUT2D eigenvalue weighted by molar-refractivity contribution is 7.84. The van der Waals surface area contributed by atoms with Crippen LogP contribution < -0.4 is 14.8 Å². The minimum absolute atomic E-state index is 0.101. The van der Waals surface area contributed by atoms with E-state index >= 15 is 0 Å². The van der Waals surface area contributed by atoms with Crippen molar-refractivity contribution in [2.75, 3.05) is 13.4 Å². The van der Waals surface area contributed by atoms with Crippen molar-refractivity contribution < 1.29 is 28.7 Å². The fourth-order valence-corrected chi connectivity index (χ4v) is 6.50. The number of nitrogens with zero attached hydrogens (tertiary/aromatic N) is 2. The summed E-state index contributed by atoms with van der Waals surface area (Å²) in [6.07, 6.45) is 0.358. The van der Waals surface area contributed by atoms with E-state index in [9.17, 15) is 19.2 Å². The molecule has 0 radical (unpaired) electrons. The van der Waals surface area contributed by atoms with E-state index in [1.165, 1.54) is 0 Å². The van der Waals surface area contributed by atoms with Crippen LogP contribution in [0.15, 0.2) is 48.5 Å². The van der Waals surface area contributed by atoms with Gasteiger partial charge in [-0.1, -0.05) is 30.0 Å². The van der Waals surface area contributed by atoms with Gasteiger partial charge in [0.05, 0.1) is 16.5 Å². The van der Waals surface area contributed by atoms with Crippen molar-refractivity contribution in [3.05, 3.63) is 76.5 Å². The molecule has 0 fully saturated rings. The minimum atomic E-state index is -1.38. The molecule has 10 heteroatoms. The molecule has 2 aromatic carbocycles. The van der Waals surface area contributed by atoms with Gasteiger partial charge >= 0.3 is 0 Å². The van der Waals surface area contributed by atoms with Gasteiger partial charge in [-0.05, 0) is 82.5 Å². The molecule has 2 aliphatic heterocycles. The minimum Gasteiger partial charge on any atom is -0.454 e. The van der Waals surface area contributed by atoms with Gasteiger partial charge in [0.1, 0.15) is 22.3 Å². The molecule has 3 aromatic rings. The Labute approximate surface area is 254 Å². The molecule has 9 nitrogen and oxygen atoms in total. The predicted molar refractivity (Wildman–Crippen MR) is 164 cm³/mol. The highest BCUT2D eigenvalue weighted by Crippen LogP contribution is 2.44. The molecule has 3 heterocycles. The summed E-state index contributed by atoms with van der Waals surface area (Å²) < 4.78 is 25.8. The van der Waals surface area contributed by atoms with Gasteiger partial charge in [0.2, 0.25) is 6.79 Å². The van der Waals surface area contributed by atoms with Crippen molar-refractivity contribution in [2.45, 2.75) is 70.5 Å². The molecule has 3 N–H and O–H groups in total. The summed E-state index contributed by atoms with van der Waals surface area (Å²) in [5.41, 5.74) is 3.59. The average Bonchev–Trinajstić information content (AvgIpc) is 3.57. The van der Waals surface area contributed by atoms with Gasteiger partial charge in [0.25, 0.3) is 5.91 Å². The van der Waals surface area contributed by atoms with Crippen molar-refractivity contribution in [3.8, 4) is 34.6 Å². The molecule has 1 amide bonds. The van der Waals surface area contributed by atoms with Gasteiger partial charge in [-0.2, -0.15) is 0 Å². The lowest BCUT2D eigenvalue weighted by Crippen LogP contribution is -2.36. The Balaban J connectivity index is 1.55. The van der Waals surface area contributed by atoms with E-state index in [1.807, 2.05) is 67.5 Å². The van der Waals surface area contributed by atoms with E-state index in [2.05, 4.69) is 17.2 Å². The number of aromatic nitrogens is 1. The Morgan fingerprint density at radius 3 is 2.60 bits per heavy atom. The van der Waals surface area contributed by atoms with E-state index in [0.717, 1.165) is 22.3 Å². The Morgan fingerprint density at radius 2 is 1.88 bits per heavy atom. The number of amides is 1. The number of benzene rings is 2. The SMILES string of the molecule is CC(C)(O)C#Cc1cccc(-c2nc(C(=O)NCc3ccc4c(c3)OCO4)cc3c2[C@H](CCO)N([S@@](=O)C(C)(C)C)C3)c1. The monoisotopic (exact) mass is 603 g/mol. The molecular formula is C33H37N3O6S. The van der Waals surface area contributed by atoms with Crippen LogP contribution in [-0.2, 0) is 24.1 Å². The highest BCUT2D eigenvalue weighted by Gasteiger charge is 2.40. The van der Waals surface area contributed by atoms with Crippen LogP contribution in [0.25, 0.3) is 11.3 Å². The Kier molecular flexibility index (Phi) is 8.63. The number of carbonyl (C=O) groups excluding carboxylic acids is 1. The largest absolute Gasteiger partial charge is 0.454 e.